The van der Waals surface area contributed by atoms with E-state index in [2.05, 4.69) is 11.8 Å². The van der Waals surface area contributed by atoms with Gasteiger partial charge in [-0.25, -0.2) is 0 Å². The molecule has 6 nitrogen and oxygen atoms in total. The predicted molar refractivity (Wildman–Crippen MR) is 110 cm³/mol. The molecular weight excluding hydrogens is 382 g/mol. The van der Waals surface area contributed by atoms with E-state index in [-0.39, 0.29) is 47.4 Å². The minimum absolute atomic E-state index is 0.0113. The number of esters is 1. The number of ether oxygens (including phenoxy) is 3. The third kappa shape index (κ3) is 2.08. The van der Waals surface area contributed by atoms with Gasteiger partial charge in [-0.05, 0) is 50.0 Å². The Hall–Kier alpha value is -0.690. The van der Waals surface area contributed by atoms with Crippen molar-refractivity contribution in [2.75, 3.05) is 27.3 Å². The minimum atomic E-state index is -0.827. The Morgan fingerprint density at radius 1 is 1.13 bits per heavy atom. The Bertz CT molecular complexity index is 745. The second-order valence-corrected chi connectivity index (χ2v) is 11.1. The second kappa shape index (κ2) is 6.43. The fourth-order valence-electron chi connectivity index (χ4n) is 10.3. The highest BCUT2D eigenvalue weighted by atomic mass is 16.5. The molecule has 12 atom stereocenters. The van der Waals surface area contributed by atoms with Crippen molar-refractivity contribution in [2.45, 2.75) is 75.9 Å². The zero-order valence-corrected chi connectivity index (χ0v) is 18.8. The number of hydrogen-bond acceptors (Lipinski definition) is 6. The molecule has 0 unspecified atom stereocenters. The third-order valence-electron chi connectivity index (χ3n) is 10.7. The van der Waals surface area contributed by atoms with Crippen LogP contribution in [-0.4, -0.2) is 73.2 Å². The Labute approximate surface area is 179 Å². The van der Waals surface area contributed by atoms with E-state index in [0.29, 0.717) is 30.2 Å². The van der Waals surface area contributed by atoms with Crippen molar-refractivity contribution in [1.29, 1.82) is 0 Å². The molecule has 1 heterocycles. The number of fused-ring (bicyclic) bond motifs is 2. The zero-order chi connectivity index (χ0) is 21.0. The smallest absolute Gasteiger partial charge is 0.302 e. The van der Waals surface area contributed by atoms with Gasteiger partial charge in [0.15, 0.2) is 0 Å². The number of likely N-dealkylation sites (tertiary alicyclic amines) is 1. The van der Waals surface area contributed by atoms with Crippen LogP contribution in [0.15, 0.2) is 0 Å². The first-order valence-corrected chi connectivity index (χ1v) is 12.1. The lowest BCUT2D eigenvalue weighted by Crippen LogP contribution is -2.74. The molecule has 7 bridgehead atoms. The van der Waals surface area contributed by atoms with E-state index in [1.165, 1.54) is 19.9 Å². The summed E-state index contributed by atoms with van der Waals surface area (Å²) in [6.07, 6.45) is 5.04. The van der Waals surface area contributed by atoms with Crippen LogP contribution in [0.5, 0.6) is 0 Å². The molecule has 5 aliphatic carbocycles. The summed E-state index contributed by atoms with van der Waals surface area (Å²) in [5.74, 6) is 1.80. The minimum Gasteiger partial charge on any atom is -0.462 e. The third-order valence-corrected chi connectivity index (χ3v) is 10.7. The van der Waals surface area contributed by atoms with E-state index in [4.69, 9.17) is 14.2 Å². The molecule has 6 aliphatic rings. The number of nitrogens with zero attached hydrogens (tertiary/aromatic N) is 1. The average Bonchev–Trinajstić information content (AvgIpc) is 3.14. The van der Waals surface area contributed by atoms with E-state index < -0.39 is 5.60 Å². The van der Waals surface area contributed by atoms with Gasteiger partial charge in [-0.1, -0.05) is 6.92 Å². The summed E-state index contributed by atoms with van der Waals surface area (Å²) in [4.78, 5) is 14.8. The molecule has 0 amide bonds. The number of methoxy groups -OCH3 is 2. The van der Waals surface area contributed by atoms with Gasteiger partial charge in [0.1, 0.15) is 6.10 Å². The molecule has 5 saturated carbocycles. The lowest BCUT2D eigenvalue weighted by molar-refractivity contribution is -0.261. The Kier molecular flexibility index (Phi) is 4.28. The standard InChI is InChI=1S/C24H37NO5/c1-5-25-11-13-6-7-19(29-4)24-15(13)9-17(22(24)25)23(27)10-18(28-3)14-8-16(24)20(23)21(14)30-12(2)26/h13-22,27H,5-11H2,1-4H3/t13-,14-,15+,16-,17-,18+,19-,20-,21-,22+,23+,24-/m0/s1. The summed E-state index contributed by atoms with van der Waals surface area (Å²) in [7, 11) is 3.64. The maximum Gasteiger partial charge on any atom is 0.302 e. The van der Waals surface area contributed by atoms with Crippen molar-refractivity contribution in [3.8, 4) is 0 Å². The van der Waals surface area contributed by atoms with Gasteiger partial charge in [-0.3, -0.25) is 9.69 Å². The van der Waals surface area contributed by atoms with Gasteiger partial charge >= 0.3 is 5.97 Å². The van der Waals surface area contributed by atoms with Crippen molar-refractivity contribution in [2.24, 2.45) is 40.9 Å². The van der Waals surface area contributed by atoms with Crippen molar-refractivity contribution in [1.82, 2.24) is 4.90 Å². The molecule has 1 N–H and O–H groups in total. The molecule has 1 saturated heterocycles. The number of carbonyl (C=O) groups excluding carboxylic acids is 1. The van der Waals surface area contributed by atoms with Crippen LogP contribution < -0.4 is 0 Å². The van der Waals surface area contributed by atoms with Crippen LogP contribution in [0.3, 0.4) is 0 Å². The molecule has 168 valence electrons. The van der Waals surface area contributed by atoms with Gasteiger partial charge in [0.25, 0.3) is 0 Å². The Morgan fingerprint density at radius 3 is 2.60 bits per heavy atom. The summed E-state index contributed by atoms with van der Waals surface area (Å²) in [5.41, 5.74) is -0.754. The lowest BCUT2D eigenvalue weighted by atomic mass is 9.46. The molecule has 1 aliphatic heterocycles. The Morgan fingerprint density at radius 2 is 1.93 bits per heavy atom. The fraction of sp³-hybridized carbons (Fsp3) is 0.958. The van der Waals surface area contributed by atoms with Crippen LogP contribution >= 0.6 is 0 Å². The maximum absolute atomic E-state index is 12.5. The van der Waals surface area contributed by atoms with Crippen molar-refractivity contribution >= 4 is 5.97 Å². The van der Waals surface area contributed by atoms with E-state index >= 15 is 0 Å². The summed E-state index contributed by atoms with van der Waals surface area (Å²) < 4.78 is 18.2. The molecule has 0 aromatic carbocycles. The molecule has 30 heavy (non-hydrogen) atoms. The number of carbonyl (C=O) groups is 1. The van der Waals surface area contributed by atoms with Crippen LogP contribution in [0, 0.1) is 40.9 Å². The predicted octanol–water partition coefficient (Wildman–Crippen LogP) is 2.09. The molecule has 0 aromatic rings. The van der Waals surface area contributed by atoms with Gasteiger partial charge in [-0.2, -0.15) is 0 Å². The van der Waals surface area contributed by atoms with Crippen molar-refractivity contribution in [3.63, 3.8) is 0 Å². The van der Waals surface area contributed by atoms with Gasteiger partial charge in [0.2, 0.25) is 0 Å². The van der Waals surface area contributed by atoms with Gasteiger partial charge < -0.3 is 19.3 Å². The van der Waals surface area contributed by atoms with E-state index in [0.717, 1.165) is 25.8 Å². The van der Waals surface area contributed by atoms with Gasteiger partial charge in [-0.15, -0.1) is 0 Å². The highest BCUT2D eigenvalue weighted by Gasteiger charge is 2.82. The normalized spacial score (nSPS) is 58.0. The summed E-state index contributed by atoms with van der Waals surface area (Å²) in [6.45, 7) is 5.97. The summed E-state index contributed by atoms with van der Waals surface area (Å²) in [5, 5.41) is 12.5. The number of hydrogen-bond donors (Lipinski definition) is 1. The quantitative estimate of drug-likeness (QED) is 0.704. The molecule has 6 rings (SSSR count). The largest absolute Gasteiger partial charge is 0.462 e. The Balaban J connectivity index is 1.55. The summed E-state index contributed by atoms with van der Waals surface area (Å²) in [6, 6.07) is 0.368. The van der Waals surface area contributed by atoms with Gasteiger partial charge in [0, 0.05) is 63.3 Å². The highest BCUT2D eigenvalue weighted by molar-refractivity contribution is 5.66. The van der Waals surface area contributed by atoms with E-state index in [9.17, 15) is 9.90 Å². The van der Waals surface area contributed by atoms with Crippen LogP contribution in [-0.2, 0) is 19.0 Å². The SMILES string of the molecule is CCN1C[C@@H]2CC[C@H](OC)[C@@]34[C@@H]2C[C@@H]([C@@H]13)[C@]1(O)C[C@@H](OC)[C@@H]2C[C@H]4[C@H]1[C@H]2OC(C)=O. The van der Waals surface area contributed by atoms with Crippen molar-refractivity contribution < 1.29 is 24.1 Å². The van der Waals surface area contributed by atoms with Crippen molar-refractivity contribution in [3.05, 3.63) is 0 Å². The maximum atomic E-state index is 12.5. The molecule has 6 heteroatoms. The van der Waals surface area contributed by atoms with Crippen LogP contribution in [0.25, 0.3) is 0 Å². The molecule has 6 fully saturated rings. The molecule has 0 radical (unpaired) electrons. The van der Waals surface area contributed by atoms with Gasteiger partial charge in [0.05, 0.1) is 17.8 Å². The first-order chi connectivity index (χ1) is 14.4. The summed E-state index contributed by atoms with van der Waals surface area (Å²) >= 11 is 0. The average molecular weight is 420 g/mol. The molecular formula is C24H37NO5. The number of rotatable bonds is 4. The van der Waals surface area contributed by atoms with E-state index in [1.54, 1.807) is 7.11 Å². The zero-order valence-electron chi connectivity index (χ0n) is 18.8. The number of piperidine rings is 1. The first-order valence-electron chi connectivity index (χ1n) is 12.1. The number of aliphatic hydroxyl groups is 1. The molecule has 0 aromatic heterocycles. The van der Waals surface area contributed by atoms with Crippen LogP contribution in [0.4, 0.5) is 0 Å². The fourth-order valence-corrected chi connectivity index (χ4v) is 10.3. The first kappa shape index (κ1) is 20.0. The van der Waals surface area contributed by atoms with E-state index in [1.807, 2.05) is 7.11 Å². The monoisotopic (exact) mass is 419 g/mol. The lowest BCUT2D eigenvalue weighted by Gasteiger charge is -2.67. The second-order valence-electron chi connectivity index (χ2n) is 11.1. The molecule has 1 spiro atoms. The highest BCUT2D eigenvalue weighted by Crippen LogP contribution is 2.77. The van der Waals surface area contributed by atoms with Crippen LogP contribution in [0.1, 0.15) is 46.0 Å². The topological polar surface area (TPSA) is 68.2 Å². The van der Waals surface area contributed by atoms with Crippen LogP contribution in [0.2, 0.25) is 0 Å².